The minimum absolute atomic E-state index is 0.0444. The lowest BCUT2D eigenvalue weighted by Gasteiger charge is -2.38. The minimum atomic E-state index is -5.70. The summed E-state index contributed by atoms with van der Waals surface area (Å²) in [6.07, 6.45) is 2.94. The van der Waals surface area contributed by atoms with Crippen molar-refractivity contribution in [1.82, 2.24) is 10.2 Å². The Morgan fingerprint density at radius 3 is 2.63 bits per heavy atom. The summed E-state index contributed by atoms with van der Waals surface area (Å²) in [5, 5.41) is 15.1. The molecule has 10 nitrogen and oxygen atoms in total. The highest BCUT2D eigenvalue weighted by atomic mass is 32.2. The molecule has 15 heteroatoms. The summed E-state index contributed by atoms with van der Waals surface area (Å²) in [7, 11) is -5.70. The maximum atomic E-state index is 13.1. The number of nitrogens with one attached hydrogen (secondary N) is 1. The first-order valence-corrected chi connectivity index (χ1v) is 13.3. The summed E-state index contributed by atoms with van der Waals surface area (Å²) < 4.78 is 69.6. The van der Waals surface area contributed by atoms with E-state index in [0.29, 0.717) is 25.1 Å². The van der Waals surface area contributed by atoms with Gasteiger partial charge < -0.3 is 9.64 Å². The Labute approximate surface area is 204 Å². The van der Waals surface area contributed by atoms with E-state index in [0.717, 1.165) is 29.7 Å². The Morgan fingerprint density at radius 1 is 1.26 bits per heavy atom. The van der Waals surface area contributed by atoms with Gasteiger partial charge in [-0.3, -0.25) is 4.72 Å². The molecule has 3 rings (SSSR count). The fourth-order valence-corrected chi connectivity index (χ4v) is 4.80. The molecule has 35 heavy (non-hydrogen) atoms. The molecule has 1 aliphatic rings. The number of carbonyl (C=O) groups is 1. The summed E-state index contributed by atoms with van der Waals surface area (Å²) in [6, 6.07) is 3.05. The zero-order valence-corrected chi connectivity index (χ0v) is 20.9. The lowest BCUT2D eigenvalue weighted by molar-refractivity contribution is -0.0429. The molecule has 1 aromatic carbocycles. The van der Waals surface area contributed by atoms with E-state index in [1.165, 1.54) is 12.1 Å². The number of hydrogen-bond donors (Lipinski definition) is 1. The normalized spacial score (nSPS) is 16.4. The van der Waals surface area contributed by atoms with E-state index in [1.807, 2.05) is 25.7 Å². The van der Waals surface area contributed by atoms with E-state index in [9.17, 15) is 26.4 Å². The molecule has 0 aliphatic carbocycles. The second kappa shape index (κ2) is 10.8. The number of anilines is 2. The Morgan fingerprint density at radius 2 is 2.00 bits per heavy atom. The maximum Gasteiger partial charge on any atom is 0.516 e. The third kappa shape index (κ3) is 6.07. The van der Waals surface area contributed by atoms with Crippen LogP contribution < -0.4 is 9.62 Å². The van der Waals surface area contributed by atoms with Crippen molar-refractivity contribution in [3.8, 4) is 0 Å². The Hall–Kier alpha value is -2.81. The SMILES string of the molecule is CCCOC(=O)c1nnc(N=Nc2cc3c(cc2NS(=O)(=O)C(F)(F)F)N(CC)C(CC)CC3)s1. The molecule has 0 radical (unpaired) electrons. The number of halogens is 3. The summed E-state index contributed by atoms with van der Waals surface area (Å²) in [5.74, 6) is -0.677. The third-order valence-corrected chi connectivity index (χ3v) is 7.21. The van der Waals surface area contributed by atoms with Gasteiger partial charge in [-0.1, -0.05) is 25.2 Å². The van der Waals surface area contributed by atoms with Crippen molar-refractivity contribution in [2.24, 2.45) is 10.2 Å². The molecule has 1 N–H and O–H groups in total. The largest absolute Gasteiger partial charge is 0.516 e. The van der Waals surface area contributed by atoms with Gasteiger partial charge in [0.25, 0.3) is 5.13 Å². The van der Waals surface area contributed by atoms with Crippen molar-refractivity contribution in [3.63, 3.8) is 0 Å². The number of benzene rings is 1. The first-order chi connectivity index (χ1) is 16.5. The number of azo groups is 1. The summed E-state index contributed by atoms with van der Waals surface area (Å²) in [6.45, 7) is 6.57. The van der Waals surface area contributed by atoms with Gasteiger partial charge in [-0.15, -0.1) is 20.4 Å². The van der Waals surface area contributed by atoms with Gasteiger partial charge in [0.05, 0.1) is 12.3 Å². The van der Waals surface area contributed by atoms with Crippen LogP contribution in [0.2, 0.25) is 0 Å². The first-order valence-electron chi connectivity index (χ1n) is 11.0. The number of carbonyl (C=O) groups excluding carboxylic acids is 1. The van der Waals surface area contributed by atoms with Crippen LogP contribution in [-0.4, -0.2) is 49.3 Å². The molecule has 0 bridgehead atoms. The van der Waals surface area contributed by atoms with Crippen molar-refractivity contribution in [2.75, 3.05) is 22.8 Å². The van der Waals surface area contributed by atoms with Crippen LogP contribution in [0.15, 0.2) is 22.4 Å². The number of sulfonamides is 1. The number of aromatic nitrogens is 2. The highest BCUT2D eigenvalue weighted by Crippen LogP contribution is 2.41. The van der Waals surface area contributed by atoms with E-state index in [4.69, 9.17) is 4.74 Å². The Balaban J connectivity index is 2.00. The van der Waals surface area contributed by atoms with Gasteiger partial charge >= 0.3 is 21.5 Å². The number of aryl methyl sites for hydroxylation is 1. The van der Waals surface area contributed by atoms with Crippen molar-refractivity contribution in [2.45, 2.75) is 58.0 Å². The molecule has 1 aliphatic heterocycles. The Bertz CT molecular complexity index is 1200. The Kier molecular flexibility index (Phi) is 8.30. The van der Waals surface area contributed by atoms with Gasteiger partial charge in [0.1, 0.15) is 5.69 Å². The average molecular weight is 535 g/mol. The summed E-state index contributed by atoms with van der Waals surface area (Å²) in [5.41, 5.74) is -4.55. The van der Waals surface area contributed by atoms with Gasteiger partial charge in [0.15, 0.2) is 0 Å². The predicted molar refractivity (Wildman–Crippen MR) is 125 cm³/mol. The number of ether oxygens (including phenoxy) is 1. The van der Waals surface area contributed by atoms with Crippen LogP contribution in [0.4, 0.5) is 35.4 Å². The average Bonchev–Trinajstić information content (AvgIpc) is 3.28. The number of alkyl halides is 3. The van der Waals surface area contributed by atoms with Gasteiger partial charge in [0, 0.05) is 18.3 Å². The molecule has 0 fully saturated rings. The van der Waals surface area contributed by atoms with Crippen molar-refractivity contribution in [3.05, 3.63) is 22.7 Å². The number of rotatable bonds is 9. The molecule has 0 saturated heterocycles. The standard InChI is InChI=1S/C20H25F3N6O4S2/c1-4-9-33-18(30)17-25-27-19(34-17)26-24-14-10-12-7-8-13(5-2)29(6-3)16(12)11-15(14)28-35(31,32)20(21,22)23/h10-11,13,28H,4-9H2,1-3H3. The zero-order chi connectivity index (χ0) is 25.8. The van der Waals surface area contributed by atoms with Gasteiger partial charge in [-0.2, -0.15) is 21.6 Å². The second-order valence-corrected chi connectivity index (χ2v) is 10.3. The molecule has 2 aromatic rings. The highest BCUT2D eigenvalue weighted by Gasteiger charge is 2.46. The van der Waals surface area contributed by atoms with Gasteiger partial charge in [-0.05, 0) is 50.3 Å². The van der Waals surface area contributed by atoms with Crippen LogP contribution in [0.1, 0.15) is 55.4 Å². The lowest BCUT2D eigenvalue weighted by atomic mass is 9.93. The fourth-order valence-electron chi connectivity index (χ4n) is 3.67. The van der Waals surface area contributed by atoms with Crippen molar-refractivity contribution in [1.29, 1.82) is 0 Å². The summed E-state index contributed by atoms with van der Waals surface area (Å²) >= 11 is 0.786. The van der Waals surface area contributed by atoms with Gasteiger partial charge in [-0.25, -0.2) is 4.79 Å². The highest BCUT2D eigenvalue weighted by molar-refractivity contribution is 7.93. The predicted octanol–water partition coefficient (Wildman–Crippen LogP) is 5.33. The molecule has 0 saturated carbocycles. The van der Waals surface area contributed by atoms with Crippen molar-refractivity contribution < 1.29 is 31.1 Å². The van der Waals surface area contributed by atoms with Crippen LogP contribution in [0, 0.1) is 0 Å². The molecule has 1 unspecified atom stereocenters. The first kappa shape index (κ1) is 26.8. The molecule has 2 heterocycles. The molecule has 1 aromatic heterocycles. The van der Waals surface area contributed by atoms with Crippen LogP contribution in [0.5, 0.6) is 0 Å². The van der Waals surface area contributed by atoms with E-state index < -0.39 is 21.5 Å². The second-order valence-electron chi connectivity index (χ2n) is 7.66. The number of hydrogen-bond acceptors (Lipinski definition) is 10. The minimum Gasteiger partial charge on any atom is -0.460 e. The number of fused-ring (bicyclic) bond motifs is 1. The van der Waals surface area contributed by atoms with Crippen LogP contribution in [-0.2, 0) is 21.2 Å². The quantitative estimate of drug-likeness (QED) is 0.340. The van der Waals surface area contributed by atoms with E-state index >= 15 is 0 Å². The van der Waals surface area contributed by atoms with Crippen LogP contribution >= 0.6 is 11.3 Å². The number of nitrogens with zero attached hydrogens (tertiary/aromatic N) is 5. The molecule has 0 spiro atoms. The van der Waals surface area contributed by atoms with Crippen LogP contribution in [0.25, 0.3) is 0 Å². The molecular formula is C20H25F3N6O4S2. The molecule has 0 amide bonds. The smallest absolute Gasteiger partial charge is 0.460 e. The number of esters is 1. The topological polar surface area (TPSA) is 126 Å². The van der Waals surface area contributed by atoms with Crippen LogP contribution in [0.3, 0.4) is 0 Å². The molecule has 1 atom stereocenters. The monoisotopic (exact) mass is 534 g/mol. The molecule has 192 valence electrons. The lowest BCUT2D eigenvalue weighted by Crippen LogP contribution is -2.39. The molecular weight excluding hydrogens is 509 g/mol. The van der Waals surface area contributed by atoms with E-state index in [-0.39, 0.29) is 34.2 Å². The summed E-state index contributed by atoms with van der Waals surface area (Å²) in [4.78, 5) is 13.9. The zero-order valence-electron chi connectivity index (χ0n) is 19.3. The van der Waals surface area contributed by atoms with E-state index in [1.54, 1.807) is 4.72 Å². The van der Waals surface area contributed by atoms with Gasteiger partial charge in [0.2, 0.25) is 5.01 Å². The fraction of sp³-hybridized carbons (Fsp3) is 0.550. The maximum absolute atomic E-state index is 13.1. The third-order valence-electron chi connectivity index (χ3n) is 5.32. The van der Waals surface area contributed by atoms with Crippen molar-refractivity contribution >= 4 is 49.5 Å². The van der Waals surface area contributed by atoms with E-state index in [2.05, 4.69) is 20.4 Å².